The van der Waals surface area contributed by atoms with Crippen LogP contribution in [0.15, 0.2) is 23.1 Å². The van der Waals surface area contributed by atoms with E-state index in [1.54, 1.807) is 11.0 Å². The molecular weight excluding hydrogens is 356 g/mol. The zero-order valence-electron chi connectivity index (χ0n) is 15.2. The summed E-state index contributed by atoms with van der Waals surface area (Å²) in [6.07, 6.45) is 2.39. The predicted molar refractivity (Wildman–Crippen MR) is 96.8 cm³/mol. The van der Waals surface area contributed by atoms with Crippen LogP contribution in [0.5, 0.6) is 11.5 Å². The zero-order valence-corrected chi connectivity index (χ0v) is 16.0. The van der Waals surface area contributed by atoms with Gasteiger partial charge in [0.25, 0.3) is 0 Å². The molecule has 2 heterocycles. The van der Waals surface area contributed by atoms with Crippen LogP contribution in [0.4, 0.5) is 0 Å². The van der Waals surface area contributed by atoms with E-state index in [1.807, 2.05) is 13.8 Å². The molecule has 1 fully saturated rings. The van der Waals surface area contributed by atoms with Gasteiger partial charge in [-0.2, -0.15) is 4.72 Å². The molecular formula is C18H26N2O5S. The number of nitrogens with zero attached hydrogens (tertiary/aromatic N) is 1. The molecule has 0 unspecified atom stereocenters. The second-order valence-electron chi connectivity index (χ2n) is 7.14. The molecule has 0 spiro atoms. The molecule has 2 aliphatic rings. The largest absolute Gasteiger partial charge is 0.486 e. The van der Waals surface area contributed by atoms with E-state index in [4.69, 9.17) is 9.47 Å². The number of amides is 1. The van der Waals surface area contributed by atoms with E-state index in [9.17, 15) is 13.2 Å². The number of fused-ring (bicyclic) bond motifs is 1. The molecule has 1 aromatic rings. The quantitative estimate of drug-likeness (QED) is 0.811. The molecule has 1 N–H and O–H groups in total. The van der Waals surface area contributed by atoms with E-state index in [0.717, 1.165) is 12.8 Å². The summed E-state index contributed by atoms with van der Waals surface area (Å²) >= 11 is 0. The van der Waals surface area contributed by atoms with E-state index in [1.165, 1.54) is 12.1 Å². The highest BCUT2D eigenvalue weighted by Crippen LogP contribution is 2.32. The lowest BCUT2D eigenvalue weighted by atomic mass is 10.0. The van der Waals surface area contributed by atoms with Gasteiger partial charge in [0, 0.05) is 19.2 Å². The Hall–Kier alpha value is -1.80. The molecule has 7 nitrogen and oxygen atoms in total. The number of sulfonamides is 1. The van der Waals surface area contributed by atoms with Gasteiger partial charge >= 0.3 is 0 Å². The maximum absolute atomic E-state index is 12.9. The number of carbonyl (C=O) groups is 1. The minimum Gasteiger partial charge on any atom is -0.486 e. The number of benzene rings is 1. The van der Waals surface area contributed by atoms with Crippen molar-refractivity contribution in [1.29, 1.82) is 0 Å². The Bertz CT molecular complexity index is 757. The second-order valence-corrected chi connectivity index (χ2v) is 8.86. The lowest BCUT2D eigenvalue weighted by Gasteiger charge is -2.25. The summed E-state index contributed by atoms with van der Waals surface area (Å²) in [5, 5.41) is 0. The van der Waals surface area contributed by atoms with E-state index >= 15 is 0 Å². The second kappa shape index (κ2) is 7.84. The summed E-state index contributed by atoms with van der Waals surface area (Å²) in [7, 11) is -3.85. The smallest absolute Gasteiger partial charge is 0.241 e. The van der Waals surface area contributed by atoms with Crippen LogP contribution in [0.3, 0.4) is 0 Å². The van der Waals surface area contributed by atoms with Crippen molar-refractivity contribution in [2.45, 2.75) is 44.0 Å². The van der Waals surface area contributed by atoms with Crippen LogP contribution < -0.4 is 14.2 Å². The van der Waals surface area contributed by atoms with Crippen LogP contribution in [-0.2, 0) is 14.8 Å². The zero-order chi connectivity index (χ0) is 18.7. The van der Waals surface area contributed by atoms with Crippen molar-refractivity contribution in [1.82, 2.24) is 9.62 Å². The van der Waals surface area contributed by atoms with Gasteiger partial charge in [-0.25, -0.2) is 8.42 Å². The number of carbonyl (C=O) groups excluding carboxylic acids is 1. The highest BCUT2D eigenvalue weighted by molar-refractivity contribution is 7.89. The topological polar surface area (TPSA) is 84.9 Å². The van der Waals surface area contributed by atoms with Crippen LogP contribution >= 0.6 is 0 Å². The molecule has 1 aromatic carbocycles. The molecule has 3 rings (SSSR count). The number of hydrogen-bond acceptors (Lipinski definition) is 5. The maximum Gasteiger partial charge on any atom is 0.241 e. The van der Waals surface area contributed by atoms with Crippen molar-refractivity contribution in [2.75, 3.05) is 26.3 Å². The molecule has 0 saturated carbocycles. The number of hydrogen-bond donors (Lipinski definition) is 1. The van der Waals surface area contributed by atoms with Gasteiger partial charge in [-0.1, -0.05) is 13.8 Å². The first-order valence-electron chi connectivity index (χ1n) is 9.07. The van der Waals surface area contributed by atoms with Crippen LogP contribution in [0, 0.1) is 5.92 Å². The fraction of sp³-hybridized carbons (Fsp3) is 0.611. The summed E-state index contributed by atoms with van der Waals surface area (Å²) in [5.41, 5.74) is 0. The molecule has 0 bridgehead atoms. The van der Waals surface area contributed by atoms with Crippen molar-refractivity contribution in [3.05, 3.63) is 18.2 Å². The van der Waals surface area contributed by atoms with Crippen molar-refractivity contribution < 1.29 is 22.7 Å². The maximum atomic E-state index is 12.9. The Morgan fingerprint density at radius 1 is 1.15 bits per heavy atom. The molecule has 26 heavy (non-hydrogen) atoms. The molecule has 2 aliphatic heterocycles. The third-order valence-corrected chi connectivity index (χ3v) is 6.01. The highest BCUT2D eigenvalue weighted by Gasteiger charge is 2.31. The standard InChI is InChI=1S/C18H26N2O5S/c1-13(2)11-15(18(21)20-7-3-4-8-20)19-26(22,23)14-5-6-16-17(12-14)25-10-9-24-16/h5-6,12-13,15,19H,3-4,7-11H2,1-2H3/t15-/m1/s1. The summed E-state index contributed by atoms with van der Waals surface area (Å²) in [5.74, 6) is 0.985. The van der Waals surface area contributed by atoms with Crippen molar-refractivity contribution >= 4 is 15.9 Å². The molecule has 144 valence electrons. The molecule has 0 aromatic heterocycles. The van der Waals surface area contributed by atoms with Crippen LogP contribution in [0.1, 0.15) is 33.1 Å². The van der Waals surface area contributed by atoms with Gasteiger partial charge < -0.3 is 14.4 Å². The van der Waals surface area contributed by atoms with Gasteiger partial charge in [0.1, 0.15) is 19.3 Å². The SMILES string of the molecule is CC(C)C[C@@H](NS(=O)(=O)c1ccc2c(c1)OCCO2)C(=O)N1CCCC1. The number of rotatable bonds is 6. The first-order chi connectivity index (χ1) is 12.4. The Labute approximate surface area is 154 Å². The minimum absolute atomic E-state index is 0.0738. The fourth-order valence-electron chi connectivity index (χ4n) is 3.27. The van der Waals surface area contributed by atoms with Gasteiger partial charge in [-0.3, -0.25) is 4.79 Å². The van der Waals surface area contributed by atoms with Gasteiger partial charge in [0.15, 0.2) is 11.5 Å². The van der Waals surface area contributed by atoms with Gasteiger partial charge in [0.05, 0.1) is 4.90 Å². The molecule has 1 atom stereocenters. The van der Waals surface area contributed by atoms with E-state index < -0.39 is 16.1 Å². The number of likely N-dealkylation sites (tertiary alicyclic amines) is 1. The van der Waals surface area contributed by atoms with Crippen LogP contribution in [0.2, 0.25) is 0 Å². The predicted octanol–water partition coefficient (Wildman–Crippen LogP) is 1.77. The lowest BCUT2D eigenvalue weighted by Crippen LogP contribution is -2.48. The van der Waals surface area contributed by atoms with Crippen molar-refractivity contribution in [2.24, 2.45) is 5.92 Å². The van der Waals surface area contributed by atoms with Crippen LogP contribution in [0.25, 0.3) is 0 Å². The van der Waals surface area contributed by atoms with Gasteiger partial charge in [-0.15, -0.1) is 0 Å². The highest BCUT2D eigenvalue weighted by atomic mass is 32.2. The molecule has 1 saturated heterocycles. The summed E-state index contributed by atoms with van der Waals surface area (Å²) in [6.45, 7) is 6.16. The first kappa shape index (κ1) is 19.0. The van der Waals surface area contributed by atoms with Gasteiger partial charge in [0.2, 0.25) is 15.9 Å². The van der Waals surface area contributed by atoms with Crippen molar-refractivity contribution in [3.8, 4) is 11.5 Å². The fourth-order valence-corrected chi connectivity index (χ4v) is 4.49. The van der Waals surface area contributed by atoms with Gasteiger partial charge in [-0.05, 0) is 37.3 Å². The average Bonchev–Trinajstić information content (AvgIpc) is 3.14. The first-order valence-corrected chi connectivity index (χ1v) is 10.6. The number of nitrogens with one attached hydrogen (secondary N) is 1. The van der Waals surface area contributed by atoms with Crippen molar-refractivity contribution in [3.63, 3.8) is 0 Å². The summed E-state index contributed by atoms with van der Waals surface area (Å²) in [4.78, 5) is 14.6. The molecule has 8 heteroatoms. The normalized spacial score (nSPS) is 18.2. The Morgan fingerprint density at radius 3 is 2.46 bits per heavy atom. The Kier molecular flexibility index (Phi) is 5.72. The Morgan fingerprint density at radius 2 is 1.81 bits per heavy atom. The third kappa shape index (κ3) is 4.29. The average molecular weight is 382 g/mol. The summed E-state index contributed by atoms with van der Waals surface area (Å²) in [6, 6.07) is 3.75. The lowest BCUT2D eigenvalue weighted by molar-refractivity contribution is -0.132. The number of ether oxygens (including phenoxy) is 2. The Balaban J connectivity index is 1.81. The molecule has 0 aliphatic carbocycles. The minimum atomic E-state index is -3.85. The van der Waals surface area contributed by atoms with E-state index in [2.05, 4.69) is 4.72 Å². The van der Waals surface area contributed by atoms with E-state index in [-0.39, 0.29) is 16.7 Å². The molecule has 1 amide bonds. The van der Waals surface area contributed by atoms with E-state index in [0.29, 0.717) is 44.2 Å². The van der Waals surface area contributed by atoms with Crippen LogP contribution in [-0.4, -0.2) is 51.6 Å². The summed E-state index contributed by atoms with van der Waals surface area (Å²) < 4.78 is 39.2. The third-order valence-electron chi connectivity index (χ3n) is 4.54. The molecule has 0 radical (unpaired) electrons. The monoisotopic (exact) mass is 382 g/mol.